The summed E-state index contributed by atoms with van der Waals surface area (Å²) in [5, 5.41) is 30.2. The number of aromatic nitrogens is 1. The third-order valence-electron chi connectivity index (χ3n) is 6.95. The van der Waals surface area contributed by atoms with Gasteiger partial charge < -0.3 is 47.9 Å². The van der Waals surface area contributed by atoms with Crippen LogP contribution in [0.1, 0.15) is 44.1 Å². The Morgan fingerprint density at radius 3 is 2.36 bits per heavy atom. The van der Waals surface area contributed by atoms with Crippen molar-refractivity contribution in [1.29, 1.82) is 0 Å². The lowest BCUT2D eigenvalue weighted by Crippen LogP contribution is -2.57. The number of hydrogen-bond acceptors (Lipinski definition) is 7. The number of aliphatic carboxylic acids is 2. The molecule has 1 fully saturated rings. The summed E-state index contributed by atoms with van der Waals surface area (Å²) in [6, 6.07) is 3.12. The third-order valence-corrected chi connectivity index (χ3v) is 6.95. The van der Waals surface area contributed by atoms with Gasteiger partial charge in [0.05, 0.1) is 6.04 Å². The smallest absolute Gasteiger partial charge is 0.326 e. The van der Waals surface area contributed by atoms with Crippen molar-refractivity contribution in [2.24, 2.45) is 16.5 Å². The van der Waals surface area contributed by atoms with Gasteiger partial charge in [-0.25, -0.2) is 4.79 Å². The van der Waals surface area contributed by atoms with Crippen LogP contribution in [0.4, 0.5) is 0 Å². The Morgan fingerprint density at radius 1 is 0.976 bits per heavy atom. The Hall–Kier alpha value is -4.66. The van der Waals surface area contributed by atoms with Gasteiger partial charge in [0.1, 0.15) is 18.1 Å². The minimum absolute atomic E-state index is 0.00823. The minimum atomic E-state index is -1.49. The highest BCUT2D eigenvalue weighted by Crippen LogP contribution is 2.19. The molecular formula is C27H38N8O7. The number of nitrogens with one attached hydrogen (secondary N) is 5. The molecule has 2 heterocycles. The van der Waals surface area contributed by atoms with E-state index in [0.29, 0.717) is 24.9 Å². The van der Waals surface area contributed by atoms with Gasteiger partial charge in [-0.1, -0.05) is 18.2 Å². The second-order valence-electron chi connectivity index (χ2n) is 10.1. The largest absolute Gasteiger partial charge is 0.481 e. The molecule has 0 radical (unpaired) electrons. The normalized spacial score (nSPS) is 16.6. The number of carbonyl (C=O) groups excluding carboxylic acids is 3. The van der Waals surface area contributed by atoms with E-state index in [1.54, 1.807) is 6.20 Å². The van der Waals surface area contributed by atoms with Crippen LogP contribution in [0.15, 0.2) is 35.5 Å². The zero-order valence-electron chi connectivity index (χ0n) is 23.1. The Bertz CT molecular complexity index is 1300. The predicted molar refractivity (Wildman–Crippen MR) is 153 cm³/mol. The average molecular weight is 587 g/mol. The number of amides is 3. The van der Waals surface area contributed by atoms with E-state index in [-0.39, 0.29) is 37.7 Å². The minimum Gasteiger partial charge on any atom is -0.481 e. The highest BCUT2D eigenvalue weighted by atomic mass is 16.4. The number of hydrogen-bond donors (Lipinski definition) is 9. The number of benzene rings is 1. The maximum Gasteiger partial charge on any atom is 0.326 e. The molecule has 0 bridgehead atoms. The number of carboxylic acid groups (broad SMARTS) is 2. The molecule has 3 amide bonds. The number of para-hydroxylation sites is 1. The van der Waals surface area contributed by atoms with Crippen molar-refractivity contribution in [3.8, 4) is 0 Å². The van der Waals surface area contributed by atoms with Gasteiger partial charge in [-0.05, 0) is 50.3 Å². The average Bonchev–Trinajstić information content (AvgIpc) is 3.62. The molecule has 1 aromatic heterocycles. The monoisotopic (exact) mass is 586 g/mol. The zero-order chi connectivity index (χ0) is 30.6. The van der Waals surface area contributed by atoms with Crippen molar-refractivity contribution in [2.45, 2.75) is 69.1 Å². The van der Waals surface area contributed by atoms with Crippen LogP contribution in [0.3, 0.4) is 0 Å². The van der Waals surface area contributed by atoms with Crippen LogP contribution in [-0.4, -0.2) is 88.1 Å². The number of nitrogens with zero attached hydrogens (tertiary/aromatic N) is 1. The molecule has 3 rings (SSSR count). The van der Waals surface area contributed by atoms with E-state index in [0.717, 1.165) is 17.3 Å². The Labute approximate surface area is 241 Å². The number of aromatic amines is 1. The maximum atomic E-state index is 13.6. The third kappa shape index (κ3) is 9.47. The summed E-state index contributed by atoms with van der Waals surface area (Å²) >= 11 is 0. The summed E-state index contributed by atoms with van der Waals surface area (Å²) in [7, 11) is 0. The molecule has 228 valence electrons. The first-order chi connectivity index (χ1) is 20.0. The second-order valence-corrected chi connectivity index (χ2v) is 10.1. The summed E-state index contributed by atoms with van der Waals surface area (Å²) in [4.78, 5) is 69.6. The summed E-state index contributed by atoms with van der Waals surface area (Å²) in [6.45, 7) is 0.895. The van der Waals surface area contributed by atoms with Crippen molar-refractivity contribution in [3.05, 3.63) is 36.0 Å². The molecular weight excluding hydrogens is 548 g/mol. The Kier molecular flexibility index (Phi) is 11.7. The van der Waals surface area contributed by atoms with E-state index in [1.165, 1.54) is 0 Å². The molecule has 0 spiro atoms. The number of carbonyl (C=O) groups is 5. The molecule has 1 aromatic carbocycles. The molecule has 1 aliphatic rings. The molecule has 11 N–H and O–H groups in total. The molecule has 1 saturated heterocycles. The highest BCUT2D eigenvalue weighted by molar-refractivity contribution is 5.95. The molecule has 15 nitrogen and oxygen atoms in total. The van der Waals surface area contributed by atoms with Crippen molar-refractivity contribution in [3.63, 3.8) is 0 Å². The van der Waals surface area contributed by atoms with Gasteiger partial charge in [0, 0.05) is 36.5 Å². The van der Waals surface area contributed by atoms with Crippen LogP contribution < -0.4 is 32.7 Å². The van der Waals surface area contributed by atoms with Gasteiger partial charge in [0.15, 0.2) is 5.96 Å². The number of rotatable bonds is 16. The predicted octanol–water partition coefficient (Wildman–Crippen LogP) is -1.08. The number of H-pyrrole nitrogens is 1. The van der Waals surface area contributed by atoms with Crippen molar-refractivity contribution in [1.82, 2.24) is 26.3 Å². The number of aliphatic imine (C=N–C) groups is 1. The lowest BCUT2D eigenvalue weighted by Gasteiger charge is -2.25. The molecule has 4 atom stereocenters. The summed E-state index contributed by atoms with van der Waals surface area (Å²) in [6.07, 6.45) is 2.81. The molecule has 0 saturated carbocycles. The summed E-state index contributed by atoms with van der Waals surface area (Å²) in [5.41, 5.74) is 12.3. The quantitative estimate of drug-likeness (QED) is 0.0653. The van der Waals surface area contributed by atoms with E-state index in [1.807, 2.05) is 24.3 Å². The van der Waals surface area contributed by atoms with Crippen LogP contribution in [0.5, 0.6) is 0 Å². The van der Waals surface area contributed by atoms with Gasteiger partial charge in [-0.3, -0.25) is 24.2 Å². The fourth-order valence-corrected chi connectivity index (χ4v) is 4.75. The standard InChI is InChI=1S/C27H38N8O7/c28-27(29)31-12-4-8-19(33-23(38)18-7-3-11-30-18)24(39)35-21(13-15-14-32-17-6-2-1-5-16(15)17)25(40)34-20(26(41)42)9-10-22(36)37/h1-2,5-6,14,18-21,30,32H,3-4,7-13H2,(H,33,38)(H,34,40)(H,35,39)(H,36,37)(H,41,42)(H4,28,29,31). The molecule has 2 aromatic rings. The van der Waals surface area contributed by atoms with E-state index >= 15 is 0 Å². The number of fused-ring (bicyclic) bond motifs is 1. The number of guanidine groups is 1. The van der Waals surface area contributed by atoms with E-state index in [2.05, 4.69) is 31.2 Å². The molecule has 4 unspecified atom stereocenters. The van der Waals surface area contributed by atoms with Crippen molar-refractivity contribution < 1.29 is 34.2 Å². The molecule has 0 aliphatic carbocycles. The number of nitrogens with two attached hydrogens (primary N) is 2. The van der Waals surface area contributed by atoms with Crippen molar-refractivity contribution >= 4 is 46.5 Å². The lowest BCUT2D eigenvalue weighted by molar-refractivity contribution is -0.143. The Morgan fingerprint density at radius 2 is 1.69 bits per heavy atom. The fourth-order valence-electron chi connectivity index (χ4n) is 4.75. The summed E-state index contributed by atoms with van der Waals surface area (Å²) < 4.78 is 0. The molecule has 15 heteroatoms. The van der Waals surface area contributed by atoms with E-state index in [9.17, 15) is 29.1 Å². The van der Waals surface area contributed by atoms with Gasteiger partial charge in [0.2, 0.25) is 17.7 Å². The Balaban J connectivity index is 1.83. The fraction of sp³-hybridized carbons (Fsp3) is 0.481. The van der Waals surface area contributed by atoms with Crippen LogP contribution in [-0.2, 0) is 30.4 Å². The van der Waals surface area contributed by atoms with E-state index < -0.39 is 54.3 Å². The maximum absolute atomic E-state index is 13.6. The highest BCUT2D eigenvalue weighted by Gasteiger charge is 2.32. The van der Waals surface area contributed by atoms with Crippen LogP contribution >= 0.6 is 0 Å². The van der Waals surface area contributed by atoms with Gasteiger partial charge in [-0.15, -0.1) is 0 Å². The van der Waals surface area contributed by atoms with Crippen LogP contribution in [0.25, 0.3) is 10.9 Å². The lowest BCUT2D eigenvalue weighted by atomic mass is 10.0. The topological polar surface area (TPSA) is 254 Å². The first kappa shape index (κ1) is 31.9. The van der Waals surface area contributed by atoms with Gasteiger partial charge in [-0.2, -0.15) is 0 Å². The van der Waals surface area contributed by atoms with Crippen molar-refractivity contribution in [2.75, 3.05) is 13.1 Å². The van der Waals surface area contributed by atoms with E-state index in [4.69, 9.17) is 16.6 Å². The molecule has 1 aliphatic heterocycles. The SMILES string of the molecule is NC(N)=NCCCC(NC(=O)C1CCCN1)C(=O)NC(Cc1c[nH]c2ccccc12)C(=O)NC(CCC(=O)O)C(=O)O. The van der Waals surface area contributed by atoms with Crippen LogP contribution in [0, 0.1) is 0 Å². The van der Waals surface area contributed by atoms with Gasteiger partial charge >= 0.3 is 11.9 Å². The first-order valence-corrected chi connectivity index (χ1v) is 13.7. The zero-order valence-corrected chi connectivity index (χ0v) is 23.1. The first-order valence-electron chi connectivity index (χ1n) is 13.7. The summed E-state index contributed by atoms with van der Waals surface area (Å²) in [5.74, 6) is -4.54. The molecule has 42 heavy (non-hydrogen) atoms. The van der Waals surface area contributed by atoms with Crippen LogP contribution in [0.2, 0.25) is 0 Å². The van der Waals surface area contributed by atoms with Gasteiger partial charge in [0.25, 0.3) is 0 Å². The number of carboxylic acids is 2. The second kappa shape index (κ2) is 15.4.